The second-order valence-electron chi connectivity index (χ2n) is 7.12. The highest BCUT2D eigenvalue weighted by molar-refractivity contribution is 6.07. The zero-order valence-corrected chi connectivity index (χ0v) is 15.7. The Morgan fingerprint density at radius 1 is 1.07 bits per heavy atom. The number of para-hydroxylation sites is 1. The molecule has 1 saturated heterocycles. The van der Waals surface area contributed by atoms with Crippen molar-refractivity contribution in [3.63, 3.8) is 0 Å². The number of amides is 1. The minimum Gasteiger partial charge on any atom is -0.349 e. The predicted octanol–water partition coefficient (Wildman–Crippen LogP) is 4.12. The number of piperidine rings is 1. The first-order valence-corrected chi connectivity index (χ1v) is 9.73. The van der Waals surface area contributed by atoms with E-state index in [-0.39, 0.29) is 11.9 Å². The normalized spacial score (nSPS) is 15.7. The number of rotatable bonds is 4. The molecule has 1 aliphatic rings. The first-order chi connectivity index (χ1) is 13.2. The van der Waals surface area contributed by atoms with Crippen LogP contribution in [0.25, 0.3) is 22.2 Å². The second kappa shape index (κ2) is 7.89. The van der Waals surface area contributed by atoms with Gasteiger partial charge in [-0.3, -0.25) is 4.79 Å². The molecule has 4 heteroatoms. The third kappa shape index (κ3) is 3.86. The number of benzene rings is 2. The highest BCUT2D eigenvalue weighted by atomic mass is 16.1. The van der Waals surface area contributed by atoms with Gasteiger partial charge in [0, 0.05) is 30.1 Å². The first kappa shape index (κ1) is 17.7. The first-order valence-electron chi connectivity index (χ1n) is 9.73. The van der Waals surface area contributed by atoms with Crippen molar-refractivity contribution < 1.29 is 4.79 Å². The number of pyridine rings is 1. The van der Waals surface area contributed by atoms with E-state index in [0.717, 1.165) is 54.6 Å². The molecule has 0 atom stereocenters. The van der Waals surface area contributed by atoms with Gasteiger partial charge in [0.05, 0.1) is 16.8 Å². The smallest absolute Gasteiger partial charge is 0.252 e. The van der Waals surface area contributed by atoms with Crippen LogP contribution in [0.4, 0.5) is 0 Å². The molecule has 1 amide bonds. The van der Waals surface area contributed by atoms with Gasteiger partial charge in [-0.15, -0.1) is 0 Å². The molecule has 0 radical (unpaired) electrons. The summed E-state index contributed by atoms with van der Waals surface area (Å²) in [6, 6.07) is 20.1. The minimum absolute atomic E-state index is 0.000676. The summed E-state index contributed by atoms with van der Waals surface area (Å²) in [5.74, 6) is 0.000676. The van der Waals surface area contributed by atoms with Crippen molar-refractivity contribution in [1.82, 2.24) is 15.2 Å². The van der Waals surface area contributed by atoms with Gasteiger partial charge in [0.2, 0.25) is 0 Å². The Morgan fingerprint density at radius 2 is 1.78 bits per heavy atom. The largest absolute Gasteiger partial charge is 0.349 e. The van der Waals surface area contributed by atoms with Crippen molar-refractivity contribution in [2.45, 2.75) is 25.8 Å². The van der Waals surface area contributed by atoms with E-state index in [1.807, 2.05) is 60.7 Å². The topological polar surface area (TPSA) is 45.2 Å². The maximum atomic E-state index is 13.1. The van der Waals surface area contributed by atoms with Crippen LogP contribution in [-0.4, -0.2) is 41.5 Å². The van der Waals surface area contributed by atoms with Crippen molar-refractivity contribution in [2.24, 2.45) is 0 Å². The molecule has 0 bridgehead atoms. The molecule has 2 heterocycles. The number of hydrogen-bond acceptors (Lipinski definition) is 3. The summed E-state index contributed by atoms with van der Waals surface area (Å²) in [5.41, 5.74) is 3.41. The lowest BCUT2D eigenvalue weighted by Crippen LogP contribution is -2.44. The molecule has 1 N–H and O–H groups in total. The molecule has 27 heavy (non-hydrogen) atoms. The van der Waals surface area contributed by atoms with Gasteiger partial charge in [0.25, 0.3) is 5.91 Å². The Labute approximate surface area is 160 Å². The zero-order chi connectivity index (χ0) is 18.6. The lowest BCUT2D eigenvalue weighted by molar-refractivity contribution is 0.0914. The molecule has 1 fully saturated rings. The summed E-state index contributed by atoms with van der Waals surface area (Å²) in [7, 11) is 0. The van der Waals surface area contributed by atoms with Gasteiger partial charge >= 0.3 is 0 Å². The Kier molecular flexibility index (Phi) is 5.16. The van der Waals surface area contributed by atoms with E-state index < -0.39 is 0 Å². The van der Waals surface area contributed by atoms with E-state index >= 15 is 0 Å². The van der Waals surface area contributed by atoms with E-state index in [0.29, 0.717) is 5.56 Å². The molecule has 4 rings (SSSR count). The second-order valence-corrected chi connectivity index (χ2v) is 7.12. The van der Waals surface area contributed by atoms with Gasteiger partial charge in [-0.05, 0) is 31.5 Å². The van der Waals surface area contributed by atoms with E-state index in [1.54, 1.807) is 0 Å². The quantitative estimate of drug-likeness (QED) is 0.762. The van der Waals surface area contributed by atoms with Crippen molar-refractivity contribution in [2.75, 3.05) is 19.6 Å². The van der Waals surface area contributed by atoms with E-state index in [4.69, 9.17) is 4.98 Å². The number of fused-ring (bicyclic) bond motifs is 1. The maximum absolute atomic E-state index is 13.1. The highest BCUT2D eigenvalue weighted by Gasteiger charge is 2.21. The Hall–Kier alpha value is -2.72. The van der Waals surface area contributed by atoms with E-state index in [1.165, 1.54) is 0 Å². The van der Waals surface area contributed by atoms with Gasteiger partial charge in [-0.2, -0.15) is 0 Å². The summed E-state index contributed by atoms with van der Waals surface area (Å²) in [5, 5.41) is 4.16. The molecular weight excluding hydrogens is 334 g/mol. The summed E-state index contributed by atoms with van der Waals surface area (Å²) in [6.07, 6.45) is 2.02. The van der Waals surface area contributed by atoms with Crippen molar-refractivity contribution >= 4 is 16.8 Å². The predicted molar refractivity (Wildman–Crippen MR) is 110 cm³/mol. The molecule has 2 aromatic carbocycles. The monoisotopic (exact) mass is 359 g/mol. The van der Waals surface area contributed by atoms with Crippen LogP contribution in [-0.2, 0) is 0 Å². The molecular formula is C23H25N3O. The van der Waals surface area contributed by atoms with E-state index in [2.05, 4.69) is 17.1 Å². The summed E-state index contributed by atoms with van der Waals surface area (Å²) in [4.78, 5) is 20.3. The van der Waals surface area contributed by atoms with Crippen LogP contribution < -0.4 is 5.32 Å². The summed E-state index contributed by atoms with van der Waals surface area (Å²) >= 11 is 0. The fourth-order valence-electron chi connectivity index (χ4n) is 3.78. The lowest BCUT2D eigenvalue weighted by atomic mass is 10.0. The number of carbonyl (C=O) groups excluding carboxylic acids is 1. The van der Waals surface area contributed by atoms with Gasteiger partial charge in [-0.25, -0.2) is 4.98 Å². The molecule has 0 aliphatic carbocycles. The fourth-order valence-corrected chi connectivity index (χ4v) is 3.78. The van der Waals surface area contributed by atoms with Crippen LogP contribution in [0.1, 0.15) is 30.1 Å². The molecule has 1 aliphatic heterocycles. The molecule has 0 saturated carbocycles. The fraction of sp³-hybridized carbons (Fsp3) is 0.304. The third-order valence-corrected chi connectivity index (χ3v) is 5.40. The van der Waals surface area contributed by atoms with Crippen LogP contribution in [0.5, 0.6) is 0 Å². The van der Waals surface area contributed by atoms with Gasteiger partial charge in [0.15, 0.2) is 0 Å². The van der Waals surface area contributed by atoms with Crippen LogP contribution in [0.2, 0.25) is 0 Å². The van der Waals surface area contributed by atoms with Gasteiger partial charge in [-0.1, -0.05) is 55.5 Å². The number of likely N-dealkylation sites (tertiary alicyclic amines) is 1. The SMILES string of the molecule is CCN1CCC(NC(=O)c2cc(-c3ccccc3)nc3ccccc23)CC1. The van der Waals surface area contributed by atoms with Gasteiger partial charge < -0.3 is 10.2 Å². The summed E-state index contributed by atoms with van der Waals surface area (Å²) < 4.78 is 0. The lowest BCUT2D eigenvalue weighted by Gasteiger charge is -2.31. The molecule has 3 aromatic rings. The Morgan fingerprint density at radius 3 is 2.52 bits per heavy atom. The number of carbonyl (C=O) groups is 1. The molecule has 1 aromatic heterocycles. The Balaban J connectivity index is 1.65. The van der Waals surface area contributed by atoms with Crippen molar-refractivity contribution in [3.05, 3.63) is 66.2 Å². The third-order valence-electron chi connectivity index (χ3n) is 5.40. The number of nitrogens with one attached hydrogen (secondary N) is 1. The number of nitrogens with zero attached hydrogens (tertiary/aromatic N) is 2. The number of hydrogen-bond donors (Lipinski definition) is 1. The average Bonchev–Trinajstić information content (AvgIpc) is 2.74. The standard InChI is InChI=1S/C23H25N3O/c1-2-26-14-12-18(13-15-26)24-23(27)20-16-22(17-8-4-3-5-9-17)25-21-11-7-6-10-19(20)21/h3-11,16,18H,2,12-15H2,1H3,(H,24,27). The summed E-state index contributed by atoms with van der Waals surface area (Å²) in [6.45, 7) is 5.37. The molecule has 138 valence electrons. The van der Waals surface area contributed by atoms with Crippen molar-refractivity contribution in [1.29, 1.82) is 0 Å². The molecule has 4 nitrogen and oxygen atoms in total. The van der Waals surface area contributed by atoms with Crippen LogP contribution in [0.15, 0.2) is 60.7 Å². The molecule has 0 spiro atoms. The van der Waals surface area contributed by atoms with E-state index in [9.17, 15) is 4.79 Å². The average molecular weight is 359 g/mol. The van der Waals surface area contributed by atoms with Crippen LogP contribution in [0.3, 0.4) is 0 Å². The van der Waals surface area contributed by atoms with Crippen LogP contribution in [0, 0.1) is 0 Å². The van der Waals surface area contributed by atoms with Crippen molar-refractivity contribution in [3.8, 4) is 11.3 Å². The zero-order valence-electron chi connectivity index (χ0n) is 15.7. The minimum atomic E-state index is 0.000676. The molecule has 0 unspecified atom stereocenters. The maximum Gasteiger partial charge on any atom is 0.252 e. The highest BCUT2D eigenvalue weighted by Crippen LogP contribution is 2.25. The number of aromatic nitrogens is 1. The van der Waals surface area contributed by atoms with Crippen LogP contribution >= 0.6 is 0 Å². The van der Waals surface area contributed by atoms with Gasteiger partial charge in [0.1, 0.15) is 0 Å². The Bertz CT molecular complexity index is 931.